The smallest absolute Gasteiger partial charge is 0.220 e. The molecule has 0 fully saturated rings. The summed E-state index contributed by atoms with van der Waals surface area (Å²) in [6.07, 6.45) is 2.50. The minimum Gasteiger partial charge on any atom is -0.469 e. The molecular formula is C16H19NO3. The molecule has 0 aliphatic rings. The summed E-state index contributed by atoms with van der Waals surface area (Å²) in [7, 11) is 0. The van der Waals surface area contributed by atoms with Gasteiger partial charge in [0.25, 0.3) is 0 Å². The van der Waals surface area contributed by atoms with Crippen molar-refractivity contribution in [1.82, 2.24) is 5.32 Å². The third-order valence-corrected chi connectivity index (χ3v) is 3.20. The van der Waals surface area contributed by atoms with Gasteiger partial charge in [0.15, 0.2) is 0 Å². The molecule has 0 saturated heterocycles. The first-order valence-corrected chi connectivity index (χ1v) is 6.65. The molecule has 1 atom stereocenters. The van der Waals surface area contributed by atoms with Crippen LogP contribution in [-0.4, -0.2) is 17.6 Å². The standard InChI is InChI=1S/C16H19NO3/c1-16(19,13-6-3-2-4-7-13)12-17-15(18)10-9-14-8-5-11-20-14/h2-8,11,19H,9-10,12H2,1H3,(H,17,18). The zero-order chi connectivity index (χ0) is 14.4. The van der Waals surface area contributed by atoms with Gasteiger partial charge in [0.05, 0.1) is 12.8 Å². The first-order chi connectivity index (χ1) is 9.58. The van der Waals surface area contributed by atoms with Gasteiger partial charge in [0.1, 0.15) is 11.4 Å². The number of nitrogens with one attached hydrogen (secondary N) is 1. The minimum atomic E-state index is -1.07. The second-order valence-corrected chi connectivity index (χ2v) is 5.00. The zero-order valence-corrected chi connectivity index (χ0v) is 11.5. The largest absolute Gasteiger partial charge is 0.469 e. The highest BCUT2D eigenvalue weighted by atomic mass is 16.3. The number of hydrogen-bond donors (Lipinski definition) is 2. The molecular weight excluding hydrogens is 254 g/mol. The topological polar surface area (TPSA) is 62.5 Å². The Morgan fingerprint density at radius 2 is 2.00 bits per heavy atom. The summed E-state index contributed by atoms with van der Waals surface area (Å²) < 4.78 is 5.17. The number of amides is 1. The van der Waals surface area contributed by atoms with Crippen LogP contribution in [-0.2, 0) is 16.8 Å². The van der Waals surface area contributed by atoms with Gasteiger partial charge in [-0.3, -0.25) is 4.79 Å². The number of carbonyl (C=O) groups excluding carboxylic acids is 1. The molecule has 0 bridgehead atoms. The Morgan fingerprint density at radius 3 is 2.65 bits per heavy atom. The normalized spacial score (nSPS) is 13.7. The van der Waals surface area contributed by atoms with Gasteiger partial charge >= 0.3 is 0 Å². The molecule has 0 aliphatic carbocycles. The summed E-state index contributed by atoms with van der Waals surface area (Å²) in [6.45, 7) is 1.88. The number of aryl methyl sites for hydroxylation is 1. The quantitative estimate of drug-likeness (QED) is 0.848. The third kappa shape index (κ3) is 3.96. The Kier molecular flexibility index (Phi) is 4.58. The van der Waals surface area contributed by atoms with E-state index in [1.54, 1.807) is 19.3 Å². The molecule has 106 valence electrons. The molecule has 2 aromatic rings. The zero-order valence-electron chi connectivity index (χ0n) is 11.5. The number of rotatable bonds is 6. The van der Waals surface area contributed by atoms with E-state index in [-0.39, 0.29) is 12.5 Å². The maximum Gasteiger partial charge on any atom is 0.220 e. The number of benzene rings is 1. The Labute approximate surface area is 118 Å². The molecule has 0 saturated carbocycles. The second kappa shape index (κ2) is 6.39. The molecule has 20 heavy (non-hydrogen) atoms. The number of hydrogen-bond acceptors (Lipinski definition) is 3. The van der Waals surface area contributed by atoms with E-state index < -0.39 is 5.60 Å². The van der Waals surface area contributed by atoms with Gasteiger partial charge in [-0.05, 0) is 24.6 Å². The molecule has 1 amide bonds. The van der Waals surface area contributed by atoms with Gasteiger partial charge in [0.2, 0.25) is 5.91 Å². The molecule has 0 aliphatic heterocycles. The molecule has 2 N–H and O–H groups in total. The van der Waals surface area contributed by atoms with Crippen LogP contribution >= 0.6 is 0 Å². The fourth-order valence-electron chi connectivity index (χ4n) is 1.95. The van der Waals surface area contributed by atoms with E-state index in [0.29, 0.717) is 12.8 Å². The fourth-order valence-corrected chi connectivity index (χ4v) is 1.95. The molecule has 4 nitrogen and oxygen atoms in total. The summed E-state index contributed by atoms with van der Waals surface area (Å²) in [6, 6.07) is 12.9. The van der Waals surface area contributed by atoms with E-state index in [1.165, 1.54) is 0 Å². The van der Waals surface area contributed by atoms with Crippen LogP contribution in [0.3, 0.4) is 0 Å². The molecule has 2 rings (SSSR count). The molecule has 1 unspecified atom stereocenters. The molecule has 0 spiro atoms. The average Bonchev–Trinajstić information content (AvgIpc) is 2.97. The number of carbonyl (C=O) groups is 1. The summed E-state index contributed by atoms with van der Waals surface area (Å²) in [5.41, 5.74) is -0.284. The van der Waals surface area contributed by atoms with Crippen molar-refractivity contribution in [3.8, 4) is 0 Å². The molecule has 1 aromatic heterocycles. The molecule has 1 aromatic carbocycles. The van der Waals surface area contributed by atoms with E-state index in [0.717, 1.165) is 11.3 Å². The second-order valence-electron chi connectivity index (χ2n) is 5.00. The molecule has 0 radical (unpaired) electrons. The predicted octanol–water partition coefficient (Wildman–Crippen LogP) is 2.24. The van der Waals surface area contributed by atoms with Crippen LogP contribution in [0, 0.1) is 0 Å². The van der Waals surface area contributed by atoms with Gasteiger partial charge < -0.3 is 14.8 Å². The lowest BCUT2D eigenvalue weighted by molar-refractivity contribution is -0.122. The van der Waals surface area contributed by atoms with Gasteiger partial charge in [-0.2, -0.15) is 0 Å². The highest BCUT2D eigenvalue weighted by Crippen LogP contribution is 2.18. The summed E-state index contributed by atoms with van der Waals surface area (Å²) in [4.78, 5) is 11.8. The lowest BCUT2D eigenvalue weighted by Gasteiger charge is -2.24. The van der Waals surface area contributed by atoms with Crippen LogP contribution in [0.2, 0.25) is 0 Å². The Bertz CT molecular complexity index is 532. The molecule has 1 heterocycles. The van der Waals surface area contributed by atoms with Gasteiger partial charge in [-0.15, -0.1) is 0 Å². The summed E-state index contributed by atoms with van der Waals surface area (Å²) in [5, 5.41) is 13.1. The Hall–Kier alpha value is -2.07. The predicted molar refractivity (Wildman–Crippen MR) is 76.1 cm³/mol. The molecule has 4 heteroatoms. The first-order valence-electron chi connectivity index (χ1n) is 6.65. The van der Waals surface area contributed by atoms with E-state index in [2.05, 4.69) is 5.32 Å². The van der Waals surface area contributed by atoms with Crippen LogP contribution in [0.5, 0.6) is 0 Å². The maximum atomic E-state index is 11.8. The first kappa shape index (κ1) is 14.3. The van der Waals surface area contributed by atoms with E-state index >= 15 is 0 Å². The van der Waals surface area contributed by atoms with Crippen LogP contribution in [0.25, 0.3) is 0 Å². The third-order valence-electron chi connectivity index (χ3n) is 3.20. The monoisotopic (exact) mass is 273 g/mol. The Morgan fingerprint density at radius 1 is 1.25 bits per heavy atom. The van der Waals surface area contributed by atoms with Crippen molar-refractivity contribution in [1.29, 1.82) is 0 Å². The average molecular weight is 273 g/mol. The van der Waals surface area contributed by atoms with Gasteiger partial charge in [-0.25, -0.2) is 0 Å². The fraction of sp³-hybridized carbons (Fsp3) is 0.312. The number of furan rings is 1. The minimum absolute atomic E-state index is 0.0994. The van der Waals surface area contributed by atoms with Crippen molar-refractivity contribution in [2.24, 2.45) is 0 Å². The SMILES string of the molecule is CC(O)(CNC(=O)CCc1ccco1)c1ccccc1. The van der Waals surface area contributed by atoms with Gasteiger partial charge in [0, 0.05) is 12.8 Å². The van der Waals surface area contributed by atoms with Crippen molar-refractivity contribution < 1.29 is 14.3 Å². The van der Waals surface area contributed by atoms with Crippen LogP contribution in [0.1, 0.15) is 24.7 Å². The lowest BCUT2D eigenvalue weighted by Crippen LogP contribution is -2.38. The van der Waals surface area contributed by atoms with Crippen molar-refractivity contribution in [3.05, 3.63) is 60.1 Å². The van der Waals surface area contributed by atoms with Crippen molar-refractivity contribution in [2.75, 3.05) is 6.54 Å². The summed E-state index contributed by atoms with van der Waals surface area (Å²) >= 11 is 0. The number of aliphatic hydroxyl groups is 1. The van der Waals surface area contributed by atoms with Crippen LogP contribution < -0.4 is 5.32 Å². The lowest BCUT2D eigenvalue weighted by atomic mass is 9.96. The Balaban J connectivity index is 1.80. The highest BCUT2D eigenvalue weighted by molar-refractivity contribution is 5.76. The van der Waals surface area contributed by atoms with E-state index in [1.807, 2.05) is 36.4 Å². The van der Waals surface area contributed by atoms with Crippen molar-refractivity contribution >= 4 is 5.91 Å². The van der Waals surface area contributed by atoms with E-state index in [4.69, 9.17) is 4.42 Å². The highest BCUT2D eigenvalue weighted by Gasteiger charge is 2.23. The van der Waals surface area contributed by atoms with E-state index in [9.17, 15) is 9.90 Å². The van der Waals surface area contributed by atoms with Crippen molar-refractivity contribution in [3.63, 3.8) is 0 Å². The van der Waals surface area contributed by atoms with Crippen LogP contribution in [0.4, 0.5) is 0 Å². The maximum absolute atomic E-state index is 11.8. The van der Waals surface area contributed by atoms with Gasteiger partial charge in [-0.1, -0.05) is 30.3 Å². The van der Waals surface area contributed by atoms with Crippen LogP contribution in [0.15, 0.2) is 53.1 Å². The summed E-state index contributed by atoms with van der Waals surface area (Å²) in [5.74, 6) is 0.688. The van der Waals surface area contributed by atoms with Crippen molar-refractivity contribution in [2.45, 2.75) is 25.4 Å².